The molecule has 2 amide bonds. The molecule has 2 aliphatic heterocycles. The second kappa shape index (κ2) is 5.39. The molecule has 0 aromatic heterocycles. The lowest BCUT2D eigenvalue weighted by Gasteiger charge is -2.35. The lowest BCUT2D eigenvalue weighted by Crippen LogP contribution is -2.47. The molecule has 5 nitrogen and oxygen atoms in total. The van der Waals surface area contributed by atoms with Crippen LogP contribution >= 0.6 is 0 Å². The van der Waals surface area contributed by atoms with Gasteiger partial charge in [0.15, 0.2) is 0 Å². The number of amides is 2. The summed E-state index contributed by atoms with van der Waals surface area (Å²) in [6, 6.07) is 0.177. The molecule has 108 valence electrons. The number of nitrogens with zero attached hydrogens (tertiary/aromatic N) is 2. The summed E-state index contributed by atoms with van der Waals surface area (Å²) in [6.45, 7) is 7.51. The normalized spacial score (nSPS) is 24.8. The number of hydrogen-bond donors (Lipinski definition) is 0. The van der Waals surface area contributed by atoms with Gasteiger partial charge in [-0.05, 0) is 40.0 Å². The molecule has 2 rings (SSSR count). The Labute approximate surface area is 114 Å². The van der Waals surface area contributed by atoms with Gasteiger partial charge in [0.1, 0.15) is 5.60 Å². The highest BCUT2D eigenvalue weighted by Crippen LogP contribution is 2.22. The Kier molecular flexibility index (Phi) is 4.02. The summed E-state index contributed by atoms with van der Waals surface area (Å²) in [4.78, 5) is 27.8. The average Bonchev–Trinajstić information content (AvgIpc) is 2.47. The second-order valence-electron chi connectivity index (χ2n) is 6.41. The van der Waals surface area contributed by atoms with Gasteiger partial charge in [-0.3, -0.25) is 4.79 Å². The first-order valence-corrected chi connectivity index (χ1v) is 7.14. The lowest BCUT2D eigenvalue weighted by atomic mass is 10.0. The fourth-order valence-corrected chi connectivity index (χ4v) is 2.73. The van der Waals surface area contributed by atoms with E-state index in [1.807, 2.05) is 25.7 Å². The SMILES string of the molecule is CC(C)(C)OC(=O)N1CCC(=O)N2CCCCC2C1. The quantitative estimate of drug-likeness (QED) is 0.675. The summed E-state index contributed by atoms with van der Waals surface area (Å²) in [5, 5.41) is 0. The molecular weight excluding hydrogens is 244 g/mol. The Morgan fingerprint density at radius 3 is 2.68 bits per heavy atom. The third-order valence-corrected chi connectivity index (χ3v) is 3.63. The third kappa shape index (κ3) is 3.61. The summed E-state index contributed by atoms with van der Waals surface area (Å²) in [6.07, 6.45) is 3.32. The molecule has 2 saturated heterocycles. The highest BCUT2D eigenvalue weighted by molar-refractivity contribution is 5.78. The van der Waals surface area contributed by atoms with Crippen LogP contribution in [0.3, 0.4) is 0 Å². The zero-order valence-corrected chi connectivity index (χ0v) is 12.1. The number of rotatable bonds is 0. The zero-order valence-electron chi connectivity index (χ0n) is 12.1. The second-order valence-corrected chi connectivity index (χ2v) is 6.41. The van der Waals surface area contributed by atoms with Crippen molar-refractivity contribution in [2.75, 3.05) is 19.6 Å². The van der Waals surface area contributed by atoms with E-state index in [-0.39, 0.29) is 18.0 Å². The predicted octanol–water partition coefficient (Wildman–Crippen LogP) is 2.01. The number of ether oxygens (including phenoxy) is 1. The van der Waals surface area contributed by atoms with Crippen LogP contribution in [0.2, 0.25) is 0 Å². The van der Waals surface area contributed by atoms with Crippen molar-refractivity contribution in [2.24, 2.45) is 0 Å². The van der Waals surface area contributed by atoms with Gasteiger partial charge in [-0.1, -0.05) is 0 Å². The van der Waals surface area contributed by atoms with Gasteiger partial charge in [0.05, 0.1) is 0 Å². The molecule has 0 spiro atoms. The van der Waals surface area contributed by atoms with E-state index in [4.69, 9.17) is 4.74 Å². The van der Waals surface area contributed by atoms with Crippen molar-refractivity contribution in [1.82, 2.24) is 9.80 Å². The molecule has 2 heterocycles. The summed E-state index contributed by atoms with van der Waals surface area (Å²) in [7, 11) is 0. The largest absolute Gasteiger partial charge is 0.444 e. The number of piperidine rings is 1. The molecule has 1 unspecified atom stereocenters. The van der Waals surface area contributed by atoms with Gasteiger partial charge in [0.2, 0.25) is 5.91 Å². The molecule has 0 aromatic carbocycles. The first-order valence-electron chi connectivity index (χ1n) is 7.14. The summed E-state index contributed by atoms with van der Waals surface area (Å²) < 4.78 is 5.40. The van der Waals surface area contributed by atoms with Crippen LogP contribution < -0.4 is 0 Å². The van der Waals surface area contributed by atoms with E-state index < -0.39 is 5.60 Å². The molecule has 2 fully saturated rings. The average molecular weight is 268 g/mol. The van der Waals surface area contributed by atoms with Gasteiger partial charge >= 0.3 is 6.09 Å². The van der Waals surface area contributed by atoms with Gasteiger partial charge < -0.3 is 14.5 Å². The molecule has 1 atom stereocenters. The van der Waals surface area contributed by atoms with Crippen molar-refractivity contribution < 1.29 is 14.3 Å². The number of carbonyl (C=O) groups excluding carboxylic acids is 2. The summed E-state index contributed by atoms with van der Waals surface area (Å²) in [5.41, 5.74) is -0.486. The first kappa shape index (κ1) is 14.2. The Hall–Kier alpha value is -1.26. The van der Waals surface area contributed by atoms with E-state index in [9.17, 15) is 9.59 Å². The standard InChI is InChI=1S/C14H24N2O3/c1-14(2,3)19-13(18)15-9-7-12(17)16-8-5-4-6-11(16)10-15/h11H,4-10H2,1-3H3. The third-order valence-electron chi connectivity index (χ3n) is 3.63. The van der Waals surface area contributed by atoms with E-state index in [1.54, 1.807) is 4.90 Å². The fraction of sp³-hybridized carbons (Fsp3) is 0.857. The van der Waals surface area contributed by atoms with Crippen molar-refractivity contribution in [2.45, 2.75) is 58.1 Å². The summed E-state index contributed by atoms with van der Waals surface area (Å²) in [5.74, 6) is 0.177. The van der Waals surface area contributed by atoms with Gasteiger partial charge in [-0.15, -0.1) is 0 Å². The minimum absolute atomic E-state index is 0.177. The van der Waals surface area contributed by atoms with Crippen LogP contribution in [0.4, 0.5) is 4.79 Å². The number of carbonyl (C=O) groups is 2. The molecule has 0 radical (unpaired) electrons. The van der Waals surface area contributed by atoms with Gasteiger partial charge in [-0.25, -0.2) is 4.79 Å². The maximum Gasteiger partial charge on any atom is 0.410 e. The van der Waals surface area contributed by atoms with Gasteiger partial charge in [-0.2, -0.15) is 0 Å². The molecule has 0 aliphatic carbocycles. The van der Waals surface area contributed by atoms with Crippen LogP contribution in [-0.4, -0.2) is 53.1 Å². The van der Waals surface area contributed by atoms with E-state index in [0.29, 0.717) is 19.5 Å². The maximum absolute atomic E-state index is 12.1. The van der Waals surface area contributed by atoms with E-state index in [0.717, 1.165) is 25.8 Å². The zero-order chi connectivity index (χ0) is 14.0. The first-order chi connectivity index (χ1) is 8.87. The van der Waals surface area contributed by atoms with Gasteiger partial charge in [0.25, 0.3) is 0 Å². The van der Waals surface area contributed by atoms with Crippen molar-refractivity contribution in [1.29, 1.82) is 0 Å². The van der Waals surface area contributed by atoms with Crippen LogP contribution in [0.5, 0.6) is 0 Å². The highest BCUT2D eigenvalue weighted by atomic mass is 16.6. The highest BCUT2D eigenvalue weighted by Gasteiger charge is 2.34. The summed E-state index contributed by atoms with van der Waals surface area (Å²) >= 11 is 0. The lowest BCUT2D eigenvalue weighted by molar-refractivity contribution is -0.133. The Bertz CT molecular complexity index is 362. The Morgan fingerprint density at radius 1 is 1.26 bits per heavy atom. The molecule has 0 N–H and O–H groups in total. The molecular formula is C14H24N2O3. The molecule has 19 heavy (non-hydrogen) atoms. The maximum atomic E-state index is 12.1. The molecule has 0 saturated carbocycles. The van der Waals surface area contributed by atoms with Crippen LogP contribution in [0.15, 0.2) is 0 Å². The minimum Gasteiger partial charge on any atom is -0.444 e. The fourth-order valence-electron chi connectivity index (χ4n) is 2.73. The molecule has 0 bridgehead atoms. The van der Waals surface area contributed by atoms with Crippen LogP contribution in [0.25, 0.3) is 0 Å². The van der Waals surface area contributed by atoms with Crippen molar-refractivity contribution in [3.05, 3.63) is 0 Å². The van der Waals surface area contributed by atoms with Crippen molar-refractivity contribution >= 4 is 12.0 Å². The van der Waals surface area contributed by atoms with Gasteiger partial charge in [0, 0.05) is 32.1 Å². The Balaban J connectivity index is 2.03. The number of hydrogen-bond acceptors (Lipinski definition) is 3. The molecule has 5 heteroatoms. The van der Waals surface area contributed by atoms with E-state index in [2.05, 4.69) is 0 Å². The molecule has 2 aliphatic rings. The van der Waals surface area contributed by atoms with E-state index in [1.165, 1.54) is 0 Å². The van der Waals surface area contributed by atoms with E-state index >= 15 is 0 Å². The van der Waals surface area contributed by atoms with Crippen molar-refractivity contribution in [3.8, 4) is 0 Å². The topological polar surface area (TPSA) is 49.9 Å². The number of fused-ring (bicyclic) bond motifs is 1. The smallest absolute Gasteiger partial charge is 0.410 e. The predicted molar refractivity (Wildman–Crippen MR) is 71.8 cm³/mol. The van der Waals surface area contributed by atoms with Crippen LogP contribution in [0.1, 0.15) is 46.5 Å². The molecule has 0 aromatic rings. The van der Waals surface area contributed by atoms with Crippen LogP contribution in [-0.2, 0) is 9.53 Å². The Morgan fingerprint density at radius 2 is 2.00 bits per heavy atom. The monoisotopic (exact) mass is 268 g/mol. The van der Waals surface area contributed by atoms with Crippen LogP contribution in [0, 0.1) is 0 Å². The minimum atomic E-state index is -0.486. The van der Waals surface area contributed by atoms with Crippen molar-refractivity contribution in [3.63, 3.8) is 0 Å².